The standard InChI is InChI=1S/C28H31ClN4O6/c1-15(31-25(35)18-8-9-21(30)20(29)13-18)27(37)33-10-4-7-23(33)26(36)32-22-14-24(34)39-28(22)38-19-11-16-5-2-3-6-17(16)12-19/h2-3,5-6,8-9,13,15,19,22-23,28H,4,7,10-12,14,30H2,1H3,(H,31,35)(H,32,36)/t15-,22-,23-,28?/m0/s1. The van der Waals surface area contributed by atoms with Gasteiger partial charge in [-0.1, -0.05) is 35.9 Å². The molecule has 0 bridgehead atoms. The molecule has 0 spiro atoms. The van der Waals surface area contributed by atoms with E-state index >= 15 is 0 Å². The van der Waals surface area contributed by atoms with Gasteiger partial charge < -0.3 is 30.7 Å². The Morgan fingerprint density at radius 2 is 1.85 bits per heavy atom. The highest BCUT2D eigenvalue weighted by Crippen LogP contribution is 2.28. The maximum Gasteiger partial charge on any atom is 0.310 e. The summed E-state index contributed by atoms with van der Waals surface area (Å²) in [7, 11) is 0. The third-order valence-corrected chi connectivity index (χ3v) is 7.78. The second-order valence-corrected chi connectivity index (χ2v) is 10.6. The third-order valence-electron chi connectivity index (χ3n) is 7.45. The molecule has 2 aromatic rings. The van der Waals surface area contributed by atoms with Crippen molar-refractivity contribution in [2.45, 2.75) is 69.5 Å². The fraction of sp³-hybridized carbons (Fsp3) is 0.429. The molecule has 0 aromatic heterocycles. The molecule has 206 valence electrons. The van der Waals surface area contributed by atoms with Crippen LogP contribution < -0.4 is 16.4 Å². The first-order valence-corrected chi connectivity index (χ1v) is 13.5. The van der Waals surface area contributed by atoms with Crippen LogP contribution in [0.5, 0.6) is 0 Å². The van der Waals surface area contributed by atoms with E-state index in [4.69, 9.17) is 26.8 Å². The van der Waals surface area contributed by atoms with Crippen molar-refractivity contribution in [3.63, 3.8) is 0 Å². The minimum absolute atomic E-state index is 0.00660. The molecule has 2 fully saturated rings. The summed E-state index contributed by atoms with van der Waals surface area (Å²) in [5.41, 5.74) is 8.72. The number of carbonyl (C=O) groups is 4. The van der Waals surface area contributed by atoms with Gasteiger partial charge in [-0.25, -0.2) is 0 Å². The maximum absolute atomic E-state index is 13.3. The van der Waals surface area contributed by atoms with Gasteiger partial charge in [-0.2, -0.15) is 0 Å². The van der Waals surface area contributed by atoms with Gasteiger partial charge in [0.15, 0.2) is 0 Å². The zero-order valence-electron chi connectivity index (χ0n) is 21.5. The number of nitrogens with one attached hydrogen (secondary N) is 2. The van der Waals surface area contributed by atoms with Crippen molar-refractivity contribution < 1.29 is 28.7 Å². The molecule has 0 saturated carbocycles. The lowest BCUT2D eigenvalue weighted by Gasteiger charge is -2.29. The quantitative estimate of drug-likeness (QED) is 0.351. The number of nitrogens with two attached hydrogens (primary N) is 1. The van der Waals surface area contributed by atoms with Crippen LogP contribution in [0.2, 0.25) is 5.02 Å². The number of esters is 1. The molecule has 2 aromatic carbocycles. The molecule has 2 aliphatic heterocycles. The van der Waals surface area contributed by atoms with E-state index < -0.39 is 36.3 Å². The molecule has 3 amide bonds. The van der Waals surface area contributed by atoms with Crippen LogP contribution in [0.15, 0.2) is 42.5 Å². The van der Waals surface area contributed by atoms with E-state index in [9.17, 15) is 19.2 Å². The number of likely N-dealkylation sites (tertiary alicyclic amines) is 1. The number of ether oxygens (including phenoxy) is 2. The normalized spacial score (nSPS) is 23.3. The van der Waals surface area contributed by atoms with Gasteiger partial charge in [0.2, 0.25) is 18.1 Å². The summed E-state index contributed by atoms with van der Waals surface area (Å²) < 4.78 is 11.5. The molecule has 3 aliphatic rings. The summed E-state index contributed by atoms with van der Waals surface area (Å²) in [5.74, 6) is -1.68. The Hall–Kier alpha value is -3.63. The maximum atomic E-state index is 13.3. The summed E-state index contributed by atoms with van der Waals surface area (Å²) in [4.78, 5) is 52.7. The predicted molar refractivity (Wildman–Crippen MR) is 143 cm³/mol. The fourth-order valence-corrected chi connectivity index (χ4v) is 5.60. The molecule has 1 aliphatic carbocycles. The summed E-state index contributed by atoms with van der Waals surface area (Å²) in [6.45, 7) is 1.95. The van der Waals surface area contributed by atoms with E-state index in [1.165, 1.54) is 34.2 Å². The van der Waals surface area contributed by atoms with E-state index in [0.29, 0.717) is 37.9 Å². The molecule has 2 saturated heterocycles. The Balaban J connectivity index is 1.18. The lowest BCUT2D eigenvalue weighted by molar-refractivity contribution is -0.175. The van der Waals surface area contributed by atoms with Gasteiger partial charge in [0, 0.05) is 12.1 Å². The SMILES string of the molecule is C[C@H](NC(=O)c1ccc(N)c(Cl)c1)C(=O)N1CCC[C@H]1C(=O)N[C@H]1CC(=O)OC1OC1Cc2ccccc2C1. The first-order chi connectivity index (χ1) is 18.7. The van der Waals surface area contributed by atoms with E-state index in [0.717, 1.165) is 0 Å². The zero-order valence-corrected chi connectivity index (χ0v) is 22.3. The monoisotopic (exact) mass is 554 g/mol. The second kappa shape index (κ2) is 11.2. The molecule has 2 heterocycles. The summed E-state index contributed by atoms with van der Waals surface area (Å²) in [6, 6.07) is 10.3. The highest BCUT2D eigenvalue weighted by atomic mass is 35.5. The predicted octanol–water partition coefficient (Wildman–Crippen LogP) is 1.97. The number of cyclic esters (lactones) is 1. The first kappa shape index (κ1) is 27.0. The lowest BCUT2D eigenvalue weighted by Crippen LogP contribution is -2.54. The number of anilines is 1. The molecule has 5 rings (SSSR count). The number of hydrogen-bond acceptors (Lipinski definition) is 7. The molecule has 1 unspecified atom stereocenters. The van der Waals surface area contributed by atoms with Crippen LogP contribution >= 0.6 is 11.6 Å². The molecule has 4 atom stereocenters. The van der Waals surface area contributed by atoms with Crippen LogP contribution in [-0.4, -0.2) is 65.7 Å². The van der Waals surface area contributed by atoms with Crippen molar-refractivity contribution >= 4 is 41.0 Å². The van der Waals surface area contributed by atoms with Crippen LogP contribution in [0.3, 0.4) is 0 Å². The number of hydrogen-bond donors (Lipinski definition) is 3. The topological polar surface area (TPSA) is 140 Å². The number of nitrogens with zero attached hydrogens (tertiary/aromatic N) is 1. The third kappa shape index (κ3) is 5.86. The van der Waals surface area contributed by atoms with E-state index in [1.54, 1.807) is 6.92 Å². The number of rotatable bonds is 7. The first-order valence-electron chi connectivity index (χ1n) is 13.1. The smallest absolute Gasteiger partial charge is 0.310 e. The summed E-state index contributed by atoms with van der Waals surface area (Å²) in [5, 5.41) is 5.79. The Morgan fingerprint density at radius 1 is 1.13 bits per heavy atom. The minimum Gasteiger partial charge on any atom is -0.433 e. The Kier molecular flexibility index (Phi) is 7.76. The van der Waals surface area contributed by atoms with E-state index in [1.807, 2.05) is 12.1 Å². The van der Waals surface area contributed by atoms with Gasteiger partial charge in [0.1, 0.15) is 18.1 Å². The van der Waals surface area contributed by atoms with Crippen molar-refractivity contribution in [3.05, 3.63) is 64.2 Å². The second-order valence-electron chi connectivity index (χ2n) is 10.2. The van der Waals surface area contributed by atoms with Gasteiger partial charge in [-0.15, -0.1) is 0 Å². The Morgan fingerprint density at radius 3 is 2.54 bits per heavy atom. The summed E-state index contributed by atoms with van der Waals surface area (Å²) in [6.07, 6.45) is 1.48. The molecule has 0 radical (unpaired) electrons. The van der Waals surface area contributed by atoms with Crippen molar-refractivity contribution in [2.24, 2.45) is 0 Å². The number of nitrogen functional groups attached to an aromatic ring is 1. The largest absolute Gasteiger partial charge is 0.433 e. The van der Waals surface area contributed by atoms with E-state index in [2.05, 4.69) is 22.8 Å². The van der Waals surface area contributed by atoms with Crippen LogP contribution in [-0.2, 0) is 36.7 Å². The zero-order chi connectivity index (χ0) is 27.7. The van der Waals surface area contributed by atoms with Gasteiger partial charge in [-0.3, -0.25) is 19.2 Å². The molecule has 10 nitrogen and oxygen atoms in total. The molecular weight excluding hydrogens is 524 g/mol. The highest BCUT2D eigenvalue weighted by molar-refractivity contribution is 6.33. The average molecular weight is 555 g/mol. The van der Waals surface area contributed by atoms with Gasteiger partial charge in [0.25, 0.3) is 5.91 Å². The van der Waals surface area contributed by atoms with Crippen molar-refractivity contribution in [3.8, 4) is 0 Å². The Bertz CT molecular complexity index is 1280. The molecular formula is C28H31ClN4O6. The van der Waals surface area contributed by atoms with Crippen molar-refractivity contribution in [2.75, 3.05) is 12.3 Å². The molecule has 39 heavy (non-hydrogen) atoms. The molecule has 4 N–H and O–H groups in total. The number of fused-ring (bicyclic) bond motifs is 1. The minimum atomic E-state index is -0.892. The number of halogens is 1. The number of amides is 3. The van der Waals surface area contributed by atoms with Gasteiger partial charge >= 0.3 is 5.97 Å². The van der Waals surface area contributed by atoms with Crippen LogP contribution in [0.25, 0.3) is 0 Å². The average Bonchev–Trinajstić information content (AvgIpc) is 3.63. The van der Waals surface area contributed by atoms with Crippen molar-refractivity contribution in [1.29, 1.82) is 0 Å². The van der Waals surface area contributed by atoms with Crippen molar-refractivity contribution in [1.82, 2.24) is 15.5 Å². The van der Waals surface area contributed by atoms with Gasteiger partial charge in [-0.05, 0) is 61.9 Å². The van der Waals surface area contributed by atoms with Crippen LogP contribution in [0, 0.1) is 0 Å². The fourth-order valence-electron chi connectivity index (χ4n) is 5.42. The lowest BCUT2D eigenvalue weighted by atomic mass is 10.1. The van der Waals surface area contributed by atoms with Crippen LogP contribution in [0.4, 0.5) is 5.69 Å². The summed E-state index contributed by atoms with van der Waals surface area (Å²) >= 11 is 6.01. The van der Waals surface area contributed by atoms with Gasteiger partial charge in [0.05, 0.1) is 23.2 Å². The highest BCUT2D eigenvalue weighted by Gasteiger charge is 2.42. The Labute approximate surface area is 231 Å². The molecule has 11 heteroatoms. The van der Waals surface area contributed by atoms with Crippen LogP contribution in [0.1, 0.15) is 47.7 Å². The number of carbonyl (C=O) groups excluding carboxylic acids is 4. The number of benzene rings is 2. The van der Waals surface area contributed by atoms with E-state index in [-0.39, 0.29) is 34.9 Å².